The van der Waals surface area contributed by atoms with Crippen molar-refractivity contribution in [3.63, 3.8) is 0 Å². The van der Waals surface area contributed by atoms with Crippen LogP contribution in [0.25, 0.3) is 0 Å². The van der Waals surface area contributed by atoms with E-state index in [1.807, 2.05) is 19.2 Å². The normalized spacial score (nSPS) is 16.9. The lowest BCUT2D eigenvalue weighted by Crippen LogP contribution is -2.15. The minimum absolute atomic E-state index is 0.579. The van der Waals surface area contributed by atoms with Gasteiger partial charge in [-0.25, -0.2) is 0 Å². The maximum Gasteiger partial charge on any atom is 0.121 e. The lowest BCUT2D eigenvalue weighted by molar-refractivity contribution is 0.206. The third-order valence-corrected chi connectivity index (χ3v) is 4.44. The van der Waals surface area contributed by atoms with Gasteiger partial charge in [-0.2, -0.15) is 5.10 Å². The van der Waals surface area contributed by atoms with Gasteiger partial charge in [0, 0.05) is 7.05 Å². The van der Waals surface area contributed by atoms with Crippen LogP contribution in [0, 0.1) is 0 Å². The van der Waals surface area contributed by atoms with Crippen LogP contribution in [0.3, 0.4) is 0 Å². The molecule has 0 spiro atoms. The fourth-order valence-corrected chi connectivity index (χ4v) is 2.98. The van der Waals surface area contributed by atoms with Crippen molar-refractivity contribution in [1.29, 1.82) is 0 Å². The van der Waals surface area contributed by atoms with Gasteiger partial charge in [-0.1, -0.05) is 37.6 Å². The van der Waals surface area contributed by atoms with E-state index in [1.165, 1.54) is 24.8 Å². The Morgan fingerprint density at radius 3 is 2.70 bits per heavy atom. The van der Waals surface area contributed by atoms with Crippen LogP contribution in [0.1, 0.15) is 60.7 Å². The zero-order valence-electron chi connectivity index (χ0n) is 12.2. The molecule has 1 aromatic carbocycles. The summed E-state index contributed by atoms with van der Waals surface area (Å²) in [6.45, 7) is 2.08. The Morgan fingerprint density at radius 1 is 1.35 bits per heavy atom. The van der Waals surface area contributed by atoms with Crippen LogP contribution in [0.4, 0.5) is 0 Å². The number of aliphatic hydroxyl groups excluding tert-OH is 1. The number of aromatic nitrogens is 2. The third-order valence-electron chi connectivity index (χ3n) is 4.44. The quantitative estimate of drug-likeness (QED) is 0.925. The molecule has 2 aromatic rings. The van der Waals surface area contributed by atoms with Gasteiger partial charge in [-0.05, 0) is 42.4 Å². The summed E-state index contributed by atoms with van der Waals surface area (Å²) < 4.78 is 1.81. The molecular formula is C17H22N2O. The molecule has 3 heteroatoms. The number of aliphatic hydroxyl groups is 1. The van der Waals surface area contributed by atoms with Crippen LogP contribution in [0.5, 0.6) is 0 Å². The predicted molar refractivity (Wildman–Crippen MR) is 79.7 cm³/mol. The minimum Gasteiger partial charge on any atom is -0.382 e. The van der Waals surface area contributed by atoms with Crippen molar-refractivity contribution in [3.05, 3.63) is 52.8 Å². The van der Waals surface area contributed by atoms with Crippen LogP contribution in [-0.2, 0) is 13.5 Å². The number of aryl methyl sites for hydroxylation is 2. The maximum atomic E-state index is 10.8. The van der Waals surface area contributed by atoms with E-state index in [2.05, 4.69) is 30.2 Å². The molecule has 0 amide bonds. The molecule has 1 unspecified atom stereocenters. The second-order valence-electron chi connectivity index (χ2n) is 5.70. The number of rotatable bonds is 4. The molecule has 0 saturated heterocycles. The first-order valence-electron chi connectivity index (χ1n) is 7.50. The van der Waals surface area contributed by atoms with Crippen molar-refractivity contribution in [3.8, 4) is 0 Å². The Hall–Kier alpha value is -1.61. The van der Waals surface area contributed by atoms with Crippen molar-refractivity contribution < 1.29 is 5.11 Å². The van der Waals surface area contributed by atoms with Gasteiger partial charge in [0.2, 0.25) is 0 Å². The summed E-state index contributed by atoms with van der Waals surface area (Å²) in [4.78, 5) is 0. The summed E-state index contributed by atoms with van der Waals surface area (Å²) in [5.74, 6) is 0.625. The van der Waals surface area contributed by atoms with Gasteiger partial charge in [0.15, 0.2) is 0 Å². The monoisotopic (exact) mass is 270 g/mol. The van der Waals surface area contributed by atoms with Crippen molar-refractivity contribution in [2.24, 2.45) is 7.05 Å². The summed E-state index contributed by atoms with van der Waals surface area (Å²) in [5, 5.41) is 15.2. The molecule has 1 N–H and O–H groups in total. The van der Waals surface area contributed by atoms with Crippen LogP contribution >= 0.6 is 0 Å². The molecule has 1 atom stereocenters. The smallest absolute Gasteiger partial charge is 0.121 e. The van der Waals surface area contributed by atoms with Crippen molar-refractivity contribution in [2.45, 2.75) is 44.6 Å². The number of nitrogens with zero attached hydrogens (tertiary/aromatic N) is 2. The molecule has 20 heavy (non-hydrogen) atoms. The average Bonchev–Trinajstić information content (AvgIpc) is 2.78. The molecule has 1 heterocycles. The minimum atomic E-state index is -0.579. The average molecular weight is 270 g/mol. The van der Waals surface area contributed by atoms with E-state index in [0.29, 0.717) is 5.92 Å². The fraction of sp³-hybridized carbons (Fsp3) is 0.471. The lowest BCUT2D eigenvalue weighted by atomic mass is 9.77. The Labute approximate surface area is 120 Å². The van der Waals surface area contributed by atoms with Gasteiger partial charge in [0.05, 0.1) is 11.4 Å². The highest BCUT2D eigenvalue weighted by molar-refractivity contribution is 5.37. The molecule has 0 aliphatic heterocycles. The molecule has 106 valence electrons. The molecule has 1 aliphatic carbocycles. The zero-order valence-corrected chi connectivity index (χ0v) is 12.2. The number of hydrogen-bond donors (Lipinski definition) is 1. The van der Waals surface area contributed by atoms with E-state index in [9.17, 15) is 5.11 Å². The molecule has 0 bridgehead atoms. The second-order valence-corrected chi connectivity index (χ2v) is 5.70. The summed E-state index contributed by atoms with van der Waals surface area (Å²) in [7, 11) is 1.91. The Kier molecular flexibility index (Phi) is 3.62. The highest BCUT2D eigenvalue weighted by atomic mass is 16.3. The third kappa shape index (κ3) is 2.27. The topological polar surface area (TPSA) is 38.0 Å². The van der Waals surface area contributed by atoms with Crippen molar-refractivity contribution in [2.75, 3.05) is 0 Å². The molecule has 1 saturated carbocycles. The molecule has 1 aromatic heterocycles. The molecule has 0 radical (unpaired) electrons. The standard InChI is InChI=1S/C17H22N2O/c1-3-13-11-16(19(2)18-13)17(20)15-10-5-4-9-14(15)12-7-6-8-12/h4-5,9-12,17,20H,3,6-8H2,1-2H3. The van der Waals surface area contributed by atoms with E-state index in [-0.39, 0.29) is 0 Å². The van der Waals surface area contributed by atoms with E-state index in [1.54, 1.807) is 4.68 Å². The molecule has 3 rings (SSSR count). The first kappa shape index (κ1) is 13.4. The lowest BCUT2D eigenvalue weighted by Gasteiger charge is -2.29. The van der Waals surface area contributed by atoms with Gasteiger partial charge in [-0.15, -0.1) is 0 Å². The first-order chi connectivity index (χ1) is 9.70. The van der Waals surface area contributed by atoms with Crippen molar-refractivity contribution >= 4 is 0 Å². The molecule has 1 aliphatic rings. The Morgan fingerprint density at radius 2 is 2.10 bits per heavy atom. The molecule has 3 nitrogen and oxygen atoms in total. The van der Waals surface area contributed by atoms with Gasteiger partial charge in [0.25, 0.3) is 0 Å². The highest BCUT2D eigenvalue weighted by Crippen LogP contribution is 2.40. The van der Waals surface area contributed by atoms with Crippen molar-refractivity contribution in [1.82, 2.24) is 9.78 Å². The molecular weight excluding hydrogens is 248 g/mol. The SMILES string of the molecule is CCc1cc(C(O)c2ccccc2C2CCC2)n(C)n1. The predicted octanol–water partition coefficient (Wildman–Crippen LogP) is 3.33. The fourth-order valence-electron chi connectivity index (χ4n) is 2.98. The van der Waals surface area contributed by atoms with Gasteiger partial charge >= 0.3 is 0 Å². The van der Waals surface area contributed by atoms with Gasteiger partial charge in [-0.3, -0.25) is 4.68 Å². The van der Waals surface area contributed by atoms with Crippen LogP contribution in [0.2, 0.25) is 0 Å². The van der Waals surface area contributed by atoms with E-state index >= 15 is 0 Å². The second kappa shape index (κ2) is 5.41. The largest absolute Gasteiger partial charge is 0.382 e. The summed E-state index contributed by atoms with van der Waals surface area (Å²) >= 11 is 0. The number of benzene rings is 1. The van der Waals surface area contributed by atoms with Gasteiger partial charge in [0.1, 0.15) is 6.10 Å². The Bertz CT molecular complexity index is 599. The highest BCUT2D eigenvalue weighted by Gasteiger charge is 2.26. The van der Waals surface area contributed by atoms with E-state index < -0.39 is 6.10 Å². The van der Waals surface area contributed by atoms with E-state index in [0.717, 1.165) is 23.4 Å². The summed E-state index contributed by atoms with van der Waals surface area (Å²) in [6.07, 6.45) is 4.11. The Balaban J connectivity index is 1.97. The maximum absolute atomic E-state index is 10.8. The van der Waals surface area contributed by atoms with E-state index in [4.69, 9.17) is 0 Å². The number of hydrogen-bond acceptors (Lipinski definition) is 2. The van der Waals surface area contributed by atoms with Gasteiger partial charge < -0.3 is 5.11 Å². The first-order valence-corrected chi connectivity index (χ1v) is 7.50. The molecule has 1 fully saturated rings. The van der Waals surface area contributed by atoms with Crippen LogP contribution in [0.15, 0.2) is 30.3 Å². The summed E-state index contributed by atoms with van der Waals surface area (Å²) in [6, 6.07) is 10.3. The zero-order chi connectivity index (χ0) is 14.1. The van der Waals surface area contributed by atoms with Crippen LogP contribution in [-0.4, -0.2) is 14.9 Å². The summed E-state index contributed by atoms with van der Waals surface area (Å²) in [5.41, 5.74) is 4.27. The van der Waals surface area contributed by atoms with Crippen LogP contribution < -0.4 is 0 Å².